The standard InChI is InChI=1S/C14H24N4O2/c1-13(2)7-9(14(3,4)20-13)12(18-15)10-6-11(19-5)17-8-16-10/h6,8-9,12,18H,7,15H2,1-5H3. The highest BCUT2D eigenvalue weighted by Crippen LogP contribution is 2.47. The number of aromatic nitrogens is 2. The van der Waals surface area contributed by atoms with Gasteiger partial charge in [-0.15, -0.1) is 0 Å². The average Bonchev–Trinajstić information content (AvgIpc) is 2.59. The molecule has 1 aromatic heterocycles. The van der Waals surface area contributed by atoms with E-state index in [2.05, 4.69) is 43.1 Å². The zero-order valence-corrected chi connectivity index (χ0v) is 12.8. The summed E-state index contributed by atoms with van der Waals surface area (Å²) in [7, 11) is 1.59. The van der Waals surface area contributed by atoms with Crippen LogP contribution in [0, 0.1) is 5.92 Å². The van der Waals surface area contributed by atoms with Crippen LogP contribution in [0.1, 0.15) is 45.9 Å². The van der Waals surface area contributed by atoms with Gasteiger partial charge in [0, 0.05) is 12.0 Å². The number of nitrogens with zero attached hydrogens (tertiary/aromatic N) is 2. The summed E-state index contributed by atoms with van der Waals surface area (Å²) in [6.07, 6.45) is 2.40. The van der Waals surface area contributed by atoms with E-state index in [0.29, 0.717) is 5.88 Å². The number of nitrogens with two attached hydrogens (primary N) is 1. The minimum atomic E-state index is -0.279. The Labute approximate surface area is 120 Å². The molecule has 6 heteroatoms. The molecule has 1 aromatic rings. The summed E-state index contributed by atoms with van der Waals surface area (Å²) in [6, 6.07) is 1.70. The summed E-state index contributed by atoms with van der Waals surface area (Å²) in [6.45, 7) is 8.39. The molecule has 0 aliphatic carbocycles. The summed E-state index contributed by atoms with van der Waals surface area (Å²) >= 11 is 0. The molecule has 0 spiro atoms. The van der Waals surface area contributed by atoms with Crippen LogP contribution >= 0.6 is 0 Å². The molecule has 1 fully saturated rings. The maximum absolute atomic E-state index is 6.14. The van der Waals surface area contributed by atoms with Gasteiger partial charge in [-0.3, -0.25) is 11.3 Å². The van der Waals surface area contributed by atoms with Crippen molar-refractivity contribution in [1.29, 1.82) is 0 Å². The first kappa shape index (κ1) is 15.2. The molecule has 6 nitrogen and oxygen atoms in total. The third-order valence-corrected chi connectivity index (χ3v) is 3.92. The van der Waals surface area contributed by atoms with Crippen molar-refractivity contribution in [1.82, 2.24) is 15.4 Å². The highest BCUT2D eigenvalue weighted by molar-refractivity contribution is 5.19. The third kappa shape index (κ3) is 2.92. The van der Waals surface area contributed by atoms with Gasteiger partial charge in [0.15, 0.2) is 0 Å². The second-order valence-corrected chi connectivity index (χ2v) is 6.41. The predicted octanol–water partition coefficient (Wildman–Crippen LogP) is 1.58. The first-order valence-corrected chi connectivity index (χ1v) is 6.81. The average molecular weight is 280 g/mol. The number of hydrogen-bond donors (Lipinski definition) is 2. The van der Waals surface area contributed by atoms with Gasteiger partial charge in [0.1, 0.15) is 6.33 Å². The molecule has 1 aliphatic heterocycles. The van der Waals surface area contributed by atoms with E-state index < -0.39 is 0 Å². The van der Waals surface area contributed by atoms with Gasteiger partial charge in [0.05, 0.1) is 30.0 Å². The van der Waals surface area contributed by atoms with E-state index in [1.807, 2.05) is 6.07 Å². The third-order valence-electron chi connectivity index (χ3n) is 3.92. The lowest BCUT2D eigenvalue weighted by molar-refractivity contribution is -0.0780. The molecule has 3 N–H and O–H groups in total. The van der Waals surface area contributed by atoms with Gasteiger partial charge in [-0.2, -0.15) is 0 Å². The Bertz CT molecular complexity index is 476. The van der Waals surface area contributed by atoms with Crippen LogP contribution in [0.15, 0.2) is 12.4 Å². The molecule has 2 unspecified atom stereocenters. The fourth-order valence-corrected chi connectivity index (χ4v) is 3.17. The zero-order chi connectivity index (χ0) is 15.0. The molecule has 1 aliphatic rings. The number of methoxy groups -OCH3 is 1. The summed E-state index contributed by atoms with van der Waals surface area (Å²) in [4.78, 5) is 8.36. The molecule has 1 saturated heterocycles. The Balaban J connectivity index is 2.32. The van der Waals surface area contributed by atoms with Crippen LogP contribution in [0.5, 0.6) is 5.88 Å². The van der Waals surface area contributed by atoms with Crippen molar-refractivity contribution in [2.24, 2.45) is 11.8 Å². The van der Waals surface area contributed by atoms with E-state index in [1.54, 1.807) is 7.11 Å². The second-order valence-electron chi connectivity index (χ2n) is 6.41. The molecule has 0 aromatic carbocycles. The van der Waals surface area contributed by atoms with E-state index in [9.17, 15) is 0 Å². The molecular weight excluding hydrogens is 256 g/mol. The minimum absolute atomic E-state index is 0.108. The first-order valence-electron chi connectivity index (χ1n) is 6.81. The highest BCUT2D eigenvalue weighted by atomic mass is 16.5. The van der Waals surface area contributed by atoms with Crippen molar-refractivity contribution in [3.05, 3.63) is 18.1 Å². The molecule has 0 bridgehead atoms. The smallest absolute Gasteiger partial charge is 0.216 e. The van der Waals surface area contributed by atoms with Crippen LogP contribution in [0.3, 0.4) is 0 Å². The number of nitrogens with one attached hydrogen (secondary N) is 1. The summed E-state index contributed by atoms with van der Waals surface area (Å²) in [5, 5.41) is 0. The molecule has 2 atom stereocenters. The number of hydrogen-bond acceptors (Lipinski definition) is 6. The van der Waals surface area contributed by atoms with Crippen molar-refractivity contribution in [3.8, 4) is 5.88 Å². The molecule has 20 heavy (non-hydrogen) atoms. The van der Waals surface area contributed by atoms with Crippen molar-refractivity contribution in [3.63, 3.8) is 0 Å². The van der Waals surface area contributed by atoms with Gasteiger partial charge in [0.25, 0.3) is 0 Å². The normalized spacial score (nSPS) is 25.4. The molecule has 0 saturated carbocycles. The second kappa shape index (κ2) is 5.27. The lowest BCUT2D eigenvalue weighted by atomic mass is 9.80. The van der Waals surface area contributed by atoms with Crippen LogP contribution in [-0.2, 0) is 4.74 Å². The maximum atomic E-state index is 6.14. The largest absolute Gasteiger partial charge is 0.481 e. The van der Waals surface area contributed by atoms with Crippen LogP contribution in [-0.4, -0.2) is 28.3 Å². The quantitative estimate of drug-likeness (QED) is 0.643. The molecule has 2 heterocycles. The first-order chi connectivity index (χ1) is 9.29. The van der Waals surface area contributed by atoms with Gasteiger partial charge in [-0.25, -0.2) is 9.97 Å². The summed E-state index contributed by atoms with van der Waals surface area (Å²) < 4.78 is 11.3. The topological polar surface area (TPSA) is 82.3 Å². The van der Waals surface area contributed by atoms with Gasteiger partial charge in [-0.05, 0) is 34.1 Å². The highest BCUT2D eigenvalue weighted by Gasteiger charge is 2.49. The zero-order valence-electron chi connectivity index (χ0n) is 12.8. The van der Waals surface area contributed by atoms with E-state index in [-0.39, 0.29) is 23.2 Å². The van der Waals surface area contributed by atoms with Crippen LogP contribution in [0.2, 0.25) is 0 Å². The Morgan fingerprint density at radius 1 is 1.40 bits per heavy atom. The Morgan fingerprint density at radius 2 is 2.10 bits per heavy atom. The van der Waals surface area contributed by atoms with Crippen molar-refractivity contribution >= 4 is 0 Å². The Hall–Kier alpha value is -1.24. The van der Waals surface area contributed by atoms with Crippen LogP contribution in [0.4, 0.5) is 0 Å². The van der Waals surface area contributed by atoms with Crippen molar-refractivity contribution < 1.29 is 9.47 Å². The number of hydrazine groups is 1. The van der Waals surface area contributed by atoms with Gasteiger partial charge < -0.3 is 9.47 Å². The van der Waals surface area contributed by atoms with E-state index in [4.69, 9.17) is 15.3 Å². The molecular formula is C14H24N4O2. The molecule has 0 amide bonds. The van der Waals surface area contributed by atoms with E-state index in [0.717, 1.165) is 12.1 Å². The minimum Gasteiger partial charge on any atom is -0.481 e. The van der Waals surface area contributed by atoms with Gasteiger partial charge >= 0.3 is 0 Å². The lowest BCUT2D eigenvalue weighted by Gasteiger charge is -2.32. The fraction of sp³-hybridized carbons (Fsp3) is 0.714. The predicted molar refractivity (Wildman–Crippen MR) is 76.0 cm³/mol. The monoisotopic (exact) mass is 280 g/mol. The summed E-state index contributed by atoms with van der Waals surface area (Å²) in [5.41, 5.74) is 3.25. The summed E-state index contributed by atoms with van der Waals surface area (Å²) in [5.74, 6) is 6.52. The number of rotatable bonds is 4. The van der Waals surface area contributed by atoms with E-state index >= 15 is 0 Å². The molecule has 2 rings (SSSR count). The number of ether oxygens (including phenoxy) is 2. The van der Waals surface area contributed by atoms with Gasteiger partial charge in [0.2, 0.25) is 5.88 Å². The SMILES string of the molecule is COc1cc(C(NN)C2CC(C)(C)OC2(C)C)ncn1. The van der Waals surface area contributed by atoms with Crippen molar-refractivity contribution in [2.75, 3.05) is 7.11 Å². The fourth-order valence-electron chi connectivity index (χ4n) is 3.17. The Morgan fingerprint density at radius 3 is 2.60 bits per heavy atom. The molecule has 0 radical (unpaired) electrons. The van der Waals surface area contributed by atoms with Crippen LogP contribution < -0.4 is 16.0 Å². The van der Waals surface area contributed by atoms with Gasteiger partial charge in [-0.1, -0.05) is 0 Å². The van der Waals surface area contributed by atoms with Crippen LogP contribution in [0.25, 0.3) is 0 Å². The van der Waals surface area contributed by atoms with E-state index in [1.165, 1.54) is 6.33 Å². The molecule has 112 valence electrons. The maximum Gasteiger partial charge on any atom is 0.216 e. The Kier molecular flexibility index (Phi) is 4.00. The lowest BCUT2D eigenvalue weighted by Crippen LogP contribution is -2.41. The van der Waals surface area contributed by atoms with Crippen molar-refractivity contribution in [2.45, 2.75) is 51.4 Å².